The molecule has 2 rings (SSSR count). The lowest BCUT2D eigenvalue weighted by Crippen LogP contribution is -2.48. The molecule has 2 aromatic rings. The summed E-state index contributed by atoms with van der Waals surface area (Å²) in [4.78, 5) is 47.4. The van der Waals surface area contributed by atoms with Gasteiger partial charge in [-0.25, -0.2) is 9.59 Å². The van der Waals surface area contributed by atoms with E-state index in [4.69, 9.17) is 21.1 Å². The third-order valence-corrected chi connectivity index (χ3v) is 4.69. The second-order valence-electron chi connectivity index (χ2n) is 6.87. The van der Waals surface area contributed by atoms with Crippen LogP contribution < -0.4 is 16.3 Å². The minimum absolute atomic E-state index is 0.0691. The largest absolute Gasteiger partial charge is 0.506 e. The minimum Gasteiger partial charge on any atom is -0.506 e. The highest BCUT2D eigenvalue weighted by Gasteiger charge is 2.23. The van der Waals surface area contributed by atoms with E-state index in [0.717, 1.165) is 0 Å². The summed E-state index contributed by atoms with van der Waals surface area (Å²) in [6, 6.07) is 1.57. The molecule has 1 aromatic carbocycles. The van der Waals surface area contributed by atoms with E-state index < -0.39 is 36.0 Å². The van der Waals surface area contributed by atoms with E-state index >= 15 is 0 Å². The summed E-state index contributed by atoms with van der Waals surface area (Å²) in [5.74, 6) is -3.02. The van der Waals surface area contributed by atoms with Crippen LogP contribution in [0.5, 0.6) is 5.75 Å². The lowest BCUT2D eigenvalue weighted by molar-refractivity contribution is -0.143. The lowest BCUT2D eigenvalue weighted by Gasteiger charge is -2.18. The van der Waals surface area contributed by atoms with Gasteiger partial charge in [0.25, 0.3) is 0 Å². The number of phenolic OH excluding ortho intramolecular Hbond substituents is 1. The van der Waals surface area contributed by atoms with Gasteiger partial charge in [0, 0.05) is 11.5 Å². The van der Waals surface area contributed by atoms with Crippen LogP contribution in [0.3, 0.4) is 0 Å². The number of fused-ring (bicyclic) bond motifs is 1. The lowest BCUT2D eigenvalue weighted by atomic mass is 10.0. The maximum atomic E-state index is 12.2. The average Bonchev–Trinajstić information content (AvgIpc) is 2.63. The third kappa shape index (κ3) is 5.26. The van der Waals surface area contributed by atoms with Crippen molar-refractivity contribution in [3.05, 3.63) is 38.7 Å². The van der Waals surface area contributed by atoms with E-state index in [9.17, 15) is 24.3 Å². The van der Waals surface area contributed by atoms with Crippen molar-refractivity contribution in [3.8, 4) is 5.75 Å². The van der Waals surface area contributed by atoms with Gasteiger partial charge in [0.05, 0.1) is 23.6 Å². The first-order chi connectivity index (χ1) is 13.5. The van der Waals surface area contributed by atoms with Crippen LogP contribution in [0.4, 0.5) is 0 Å². The molecule has 10 heteroatoms. The Bertz CT molecular complexity index is 1030. The molecule has 0 aliphatic carbocycles. The first-order valence-corrected chi connectivity index (χ1v) is 9.12. The minimum atomic E-state index is -1.17. The predicted molar refractivity (Wildman–Crippen MR) is 105 cm³/mol. The highest BCUT2D eigenvalue weighted by atomic mass is 35.5. The van der Waals surface area contributed by atoms with E-state index in [1.165, 1.54) is 12.1 Å². The van der Waals surface area contributed by atoms with E-state index in [2.05, 4.69) is 10.6 Å². The van der Waals surface area contributed by atoms with E-state index in [0.29, 0.717) is 10.9 Å². The van der Waals surface area contributed by atoms with Gasteiger partial charge in [-0.1, -0.05) is 25.4 Å². The molecule has 0 bridgehead atoms. The number of hydrogen-bond donors (Lipinski definition) is 4. The van der Waals surface area contributed by atoms with Crippen LogP contribution in [0.2, 0.25) is 5.02 Å². The molecule has 0 saturated carbocycles. The summed E-state index contributed by atoms with van der Waals surface area (Å²) < 4.78 is 5.14. The third-order valence-electron chi connectivity index (χ3n) is 4.39. The Hall–Kier alpha value is -3.07. The summed E-state index contributed by atoms with van der Waals surface area (Å²) in [5, 5.41) is 23.9. The molecule has 4 N–H and O–H groups in total. The second-order valence-corrected chi connectivity index (χ2v) is 7.28. The number of halogens is 1. The summed E-state index contributed by atoms with van der Waals surface area (Å²) in [6.07, 6.45) is -0.345. The fraction of sp³-hybridized carbons (Fsp3) is 0.368. The van der Waals surface area contributed by atoms with Crippen LogP contribution in [-0.2, 0) is 20.8 Å². The van der Waals surface area contributed by atoms with Crippen molar-refractivity contribution < 1.29 is 29.0 Å². The van der Waals surface area contributed by atoms with Gasteiger partial charge >= 0.3 is 11.6 Å². The number of phenols is 1. The number of benzene rings is 1. The van der Waals surface area contributed by atoms with Gasteiger partial charge < -0.3 is 25.3 Å². The first-order valence-electron chi connectivity index (χ1n) is 8.75. The van der Waals surface area contributed by atoms with E-state index in [1.54, 1.807) is 20.8 Å². The summed E-state index contributed by atoms with van der Waals surface area (Å²) >= 11 is 5.89. The van der Waals surface area contributed by atoms with Crippen molar-refractivity contribution in [1.29, 1.82) is 0 Å². The van der Waals surface area contributed by atoms with Gasteiger partial charge in [0.2, 0.25) is 11.8 Å². The molecule has 1 aromatic heterocycles. The summed E-state index contributed by atoms with van der Waals surface area (Å²) in [5.41, 5.74) is -0.0698. The van der Waals surface area contributed by atoms with Crippen LogP contribution in [-0.4, -0.2) is 40.6 Å². The smallest absolute Gasteiger partial charge is 0.340 e. The molecule has 156 valence electrons. The Morgan fingerprint density at radius 1 is 1.21 bits per heavy atom. The van der Waals surface area contributed by atoms with Gasteiger partial charge in [0.15, 0.2) is 0 Å². The first kappa shape index (κ1) is 22.2. The molecule has 0 saturated heterocycles. The number of amides is 2. The Morgan fingerprint density at radius 3 is 2.45 bits per heavy atom. The predicted octanol–water partition coefficient (Wildman–Crippen LogP) is 1.34. The Kier molecular flexibility index (Phi) is 6.86. The van der Waals surface area contributed by atoms with Crippen LogP contribution in [0.25, 0.3) is 11.0 Å². The van der Waals surface area contributed by atoms with Crippen LogP contribution >= 0.6 is 11.6 Å². The summed E-state index contributed by atoms with van der Waals surface area (Å²) in [7, 11) is 0. The van der Waals surface area contributed by atoms with Gasteiger partial charge in [-0.15, -0.1) is 0 Å². The van der Waals surface area contributed by atoms with E-state index in [-0.39, 0.29) is 34.3 Å². The highest BCUT2D eigenvalue weighted by molar-refractivity contribution is 6.32. The fourth-order valence-electron chi connectivity index (χ4n) is 2.74. The molecule has 29 heavy (non-hydrogen) atoms. The van der Waals surface area contributed by atoms with Crippen LogP contribution in [0.1, 0.15) is 25.0 Å². The van der Waals surface area contributed by atoms with Crippen molar-refractivity contribution in [2.45, 2.75) is 33.2 Å². The Morgan fingerprint density at radius 2 is 1.86 bits per heavy atom. The van der Waals surface area contributed by atoms with Gasteiger partial charge in [0.1, 0.15) is 17.4 Å². The number of aryl methyl sites for hydroxylation is 1. The molecule has 0 radical (unpaired) electrons. The number of carboxylic acid groups (broad SMARTS) is 1. The zero-order chi connectivity index (χ0) is 21.9. The Labute approximate surface area is 170 Å². The summed E-state index contributed by atoms with van der Waals surface area (Å²) in [6.45, 7) is 4.46. The maximum absolute atomic E-state index is 12.2. The molecular weight excluding hydrogens is 404 g/mol. The van der Waals surface area contributed by atoms with Gasteiger partial charge in [-0.2, -0.15) is 0 Å². The standard InChI is InChI=1S/C19H21ClN2O7/c1-8(2)17(18(26)27)22-16(25)7-21-15(24)5-11-9(3)10-4-12(20)13(23)6-14(10)29-19(11)28/h4,6,8,17,23H,5,7H2,1-3H3,(H,21,24)(H,22,25)(H,26,27)/t17-/m0/s1. The number of aromatic hydroxyl groups is 1. The zero-order valence-corrected chi connectivity index (χ0v) is 16.8. The molecule has 0 fully saturated rings. The van der Waals surface area contributed by atoms with Gasteiger partial charge in [-0.3, -0.25) is 9.59 Å². The van der Waals surface area contributed by atoms with Crippen LogP contribution in [0.15, 0.2) is 21.3 Å². The van der Waals surface area contributed by atoms with Crippen molar-refractivity contribution >= 4 is 40.4 Å². The van der Waals surface area contributed by atoms with E-state index in [1.807, 2.05) is 0 Å². The molecule has 0 spiro atoms. The molecule has 1 heterocycles. The monoisotopic (exact) mass is 424 g/mol. The van der Waals surface area contributed by atoms with Crippen molar-refractivity contribution in [2.24, 2.45) is 5.92 Å². The van der Waals surface area contributed by atoms with Crippen molar-refractivity contribution in [1.82, 2.24) is 10.6 Å². The molecular formula is C19H21ClN2O7. The molecule has 0 unspecified atom stereocenters. The highest BCUT2D eigenvalue weighted by Crippen LogP contribution is 2.30. The quantitative estimate of drug-likeness (QED) is 0.490. The van der Waals surface area contributed by atoms with Crippen molar-refractivity contribution in [2.75, 3.05) is 6.54 Å². The van der Waals surface area contributed by atoms with Crippen molar-refractivity contribution in [3.63, 3.8) is 0 Å². The topological polar surface area (TPSA) is 146 Å². The average molecular weight is 425 g/mol. The Balaban J connectivity index is 2.10. The number of carbonyl (C=O) groups is 3. The van der Waals surface area contributed by atoms with Gasteiger partial charge in [-0.05, 0) is 24.5 Å². The fourth-order valence-corrected chi connectivity index (χ4v) is 2.91. The number of nitrogens with one attached hydrogen (secondary N) is 2. The van der Waals surface area contributed by atoms with Crippen LogP contribution in [0, 0.1) is 12.8 Å². The number of carbonyl (C=O) groups excluding carboxylic acids is 2. The molecule has 9 nitrogen and oxygen atoms in total. The molecule has 0 aliphatic heterocycles. The molecule has 2 amide bonds. The molecule has 0 aliphatic rings. The molecule has 1 atom stereocenters. The number of carboxylic acids is 1. The second kappa shape index (κ2) is 8.95. The number of aliphatic carboxylic acids is 1. The SMILES string of the molecule is Cc1c(CC(=O)NCC(=O)N[C@H](C(=O)O)C(C)C)c(=O)oc2cc(O)c(Cl)cc12. The number of hydrogen-bond acceptors (Lipinski definition) is 6. The zero-order valence-electron chi connectivity index (χ0n) is 16.0. The maximum Gasteiger partial charge on any atom is 0.340 e. The normalized spacial score (nSPS) is 12.0. The number of rotatable bonds is 7.